The van der Waals surface area contributed by atoms with Crippen molar-refractivity contribution >= 4 is 0 Å². The lowest BCUT2D eigenvalue weighted by Gasteiger charge is -2.32. The van der Waals surface area contributed by atoms with Gasteiger partial charge in [-0.25, -0.2) is 0 Å². The van der Waals surface area contributed by atoms with Crippen LogP contribution in [0.5, 0.6) is 0 Å². The zero-order valence-electron chi connectivity index (χ0n) is 11.0. The largest absolute Gasteiger partial charge is 0.494 e. The van der Waals surface area contributed by atoms with E-state index in [0.717, 1.165) is 6.42 Å². The molecule has 0 N–H and O–H groups in total. The van der Waals surface area contributed by atoms with Crippen LogP contribution in [0.4, 0.5) is 0 Å². The maximum Gasteiger partial charge on any atom is 0.120 e. The summed E-state index contributed by atoms with van der Waals surface area (Å²) < 4.78 is 5.96. The zero-order chi connectivity index (χ0) is 12.9. The summed E-state index contributed by atoms with van der Waals surface area (Å²) in [7, 11) is 0. The molecule has 0 spiro atoms. The average molecular weight is 248 g/mol. The summed E-state index contributed by atoms with van der Waals surface area (Å²) in [6.45, 7) is 2.22. The minimum absolute atomic E-state index is 0.150. The van der Waals surface area contributed by atoms with Crippen molar-refractivity contribution in [1.29, 1.82) is 0 Å². The molecular formula is C18H16O. The highest BCUT2D eigenvalue weighted by Gasteiger charge is 2.44. The third-order valence-corrected chi connectivity index (χ3v) is 4.40. The highest BCUT2D eigenvalue weighted by Crippen LogP contribution is 2.52. The van der Waals surface area contributed by atoms with Crippen LogP contribution in [0.2, 0.25) is 0 Å². The predicted octanol–water partition coefficient (Wildman–Crippen LogP) is 4.49. The summed E-state index contributed by atoms with van der Waals surface area (Å²) >= 11 is 0. The number of ether oxygens (including phenoxy) is 1. The van der Waals surface area contributed by atoms with Gasteiger partial charge in [-0.3, -0.25) is 0 Å². The monoisotopic (exact) mass is 248 g/mol. The molecule has 2 aromatic carbocycles. The summed E-state index contributed by atoms with van der Waals surface area (Å²) in [5.74, 6) is 0.329. The molecule has 4 rings (SSSR count). The molecule has 1 aliphatic carbocycles. The number of benzene rings is 2. The molecule has 0 aromatic heterocycles. The van der Waals surface area contributed by atoms with E-state index < -0.39 is 0 Å². The quantitative estimate of drug-likeness (QED) is 0.722. The summed E-state index contributed by atoms with van der Waals surface area (Å²) in [6.07, 6.45) is 4.95. The fraction of sp³-hybridized carbons (Fsp3) is 0.222. The molecule has 0 bridgehead atoms. The summed E-state index contributed by atoms with van der Waals surface area (Å²) in [6, 6.07) is 17.4. The van der Waals surface area contributed by atoms with E-state index in [1.54, 1.807) is 0 Å². The van der Waals surface area contributed by atoms with Crippen LogP contribution in [0.15, 0.2) is 60.9 Å². The van der Waals surface area contributed by atoms with Crippen molar-refractivity contribution < 1.29 is 4.74 Å². The molecule has 0 radical (unpaired) electrons. The molecule has 0 saturated carbocycles. The van der Waals surface area contributed by atoms with Crippen molar-refractivity contribution in [2.45, 2.75) is 24.9 Å². The summed E-state index contributed by atoms with van der Waals surface area (Å²) in [5.41, 5.74) is 5.37. The van der Waals surface area contributed by atoms with Crippen LogP contribution in [0.1, 0.15) is 30.4 Å². The fourth-order valence-electron chi connectivity index (χ4n) is 3.53. The van der Waals surface area contributed by atoms with Gasteiger partial charge in [0.1, 0.15) is 5.60 Å². The molecule has 1 atom stereocenters. The van der Waals surface area contributed by atoms with E-state index in [1.807, 2.05) is 6.26 Å². The number of hydrogen-bond donors (Lipinski definition) is 0. The first-order valence-corrected chi connectivity index (χ1v) is 6.81. The maximum atomic E-state index is 5.96. The molecule has 1 unspecified atom stereocenters. The van der Waals surface area contributed by atoms with Crippen molar-refractivity contribution in [3.05, 3.63) is 72.0 Å². The Balaban J connectivity index is 1.96. The summed E-state index contributed by atoms with van der Waals surface area (Å²) in [4.78, 5) is 0. The van der Waals surface area contributed by atoms with Gasteiger partial charge in [-0.1, -0.05) is 48.5 Å². The van der Waals surface area contributed by atoms with Gasteiger partial charge in [0, 0.05) is 6.42 Å². The molecule has 19 heavy (non-hydrogen) atoms. The van der Waals surface area contributed by atoms with E-state index in [0.29, 0.717) is 5.92 Å². The van der Waals surface area contributed by atoms with E-state index in [2.05, 4.69) is 61.5 Å². The highest BCUT2D eigenvalue weighted by molar-refractivity contribution is 5.79. The number of rotatable bonds is 1. The Kier molecular flexibility index (Phi) is 2.14. The van der Waals surface area contributed by atoms with Crippen LogP contribution < -0.4 is 0 Å². The van der Waals surface area contributed by atoms with Crippen molar-refractivity contribution in [1.82, 2.24) is 0 Å². The minimum Gasteiger partial charge on any atom is -0.494 e. The van der Waals surface area contributed by atoms with E-state index >= 15 is 0 Å². The molecule has 1 nitrogen and oxygen atoms in total. The molecule has 0 amide bonds. The molecule has 2 aromatic rings. The second-order valence-electron chi connectivity index (χ2n) is 5.61. The SMILES string of the molecule is CC1(C2c3ccccc3-c3ccccc32)CC=CO1. The van der Waals surface area contributed by atoms with Crippen molar-refractivity contribution in [2.75, 3.05) is 0 Å². The lowest BCUT2D eigenvalue weighted by molar-refractivity contribution is 0.0482. The number of fused-ring (bicyclic) bond motifs is 3. The molecule has 1 heteroatoms. The van der Waals surface area contributed by atoms with Crippen molar-refractivity contribution in [3.8, 4) is 11.1 Å². The van der Waals surface area contributed by atoms with Gasteiger partial charge in [-0.2, -0.15) is 0 Å². The van der Waals surface area contributed by atoms with Crippen LogP contribution in [0, 0.1) is 0 Å². The second kappa shape index (κ2) is 3.74. The van der Waals surface area contributed by atoms with Crippen LogP contribution in [0.25, 0.3) is 11.1 Å². The van der Waals surface area contributed by atoms with E-state index in [4.69, 9.17) is 4.74 Å². The van der Waals surface area contributed by atoms with Gasteiger partial charge in [-0.05, 0) is 35.3 Å². The van der Waals surface area contributed by atoms with Crippen LogP contribution in [-0.4, -0.2) is 5.60 Å². The first-order chi connectivity index (χ1) is 9.30. The van der Waals surface area contributed by atoms with Crippen LogP contribution in [-0.2, 0) is 4.74 Å². The smallest absolute Gasteiger partial charge is 0.120 e. The lowest BCUT2D eigenvalue weighted by Crippen LogP contribution is -2.31. The Bertz CT molecular complexity index is 615. The molecule has 0 saturated heterocycles. The van der Waals surface area contributed by atoms with Crippen LogP contribution in [0.3, 0.4) is 0 Å². The molecule has 94 valence electrons. The standard InChI is InChI=1S/C18H16O/c1-18(11-6-12-19-18)17-15-9-4-2-7-13(15)14-8-3-5-10-16(14)17/h2-10,12,17H,11H2,1H3. The summed E-state index contributed by atoms with van der Waals surface area (Å²) in [5, 5.41) is 0. The molecule has 0 fully saturated rings. The van der Waals surface area contributed by atoms with Gasteiger partial charge in [0.05, 0.1) is 12.2 Å². The van der Waals surface area contributed by atoms with Crippen LogP contribution >= 0.6 is 0 Å². The van der Waals surface area contributed by atoms with Gasteiger partial charge in [0.25, 0.3) is 0 Å². The number of hydrogen-bond acceptors (Lipinski definition) is 1. The topological polar surface area (TPSA) is 9.23 Å². The molecule has 1 aliphatic heterocycles. The fourth-order valence-corrected chi connectivity index (χ4v) is 3.53. The average Bonchev–Trinajstić information content (AvgIpc) is 3.01. The third kappa shape index (κ3) is 1.42. The first kappa shape index (κ1) is 10.9. The Morgan fingerprint density at radius 2 is 1.53 bits per heavy atom. The van der Waals surface area contributed by atoms with Gasteiger partial charge >= 0.3 is 0 Å². The minimum atomic E-state index is -0.150. The molecule has 1 heterocycles. The zero-order valence-corrected chi connectivity index (χ0v) is 11.0. The normalized spacial score (nSPS) is 24.1. The highest BCUT2D eigenvalue weighted by atomic mass is 16.5. The Hall–Kier alpha value is -2.02. The second-order valence-corrected chi connectivity index (χ2v) is 5.61. The van der Waals surface area contributed by atoms with Crippen molar-refractivity contribution in [3.63, 3.8) is 0 Å². The van der Waals surface area contributed by atoms with E-state index in [-0.39, 0.29) is 5.60 Å². The maximum absolute atomic E-state index is 5.96. The Labute approximate surface area is 113 Å². The van der Waals surface area contributed by atoms with Gasteiger partial charge in [-0.15, -0.1) is 0 Å². The third-order valence-electron chi connectivity index (χ3n) is 4.40. The first-order valence-electron chi connectivity index (χ1n) is 6.81. The van der Waals surface area contributed by atoms with Crippen molar-refractivity contribution in [2.24, 2.45) is 0 Å². The molecule has 2 aliphatic rings. The lowest BCUT2D eigenvalue weighted by atomic mass is 9.80. The van der Waals surface area contributed by atoms with Gasteiger partial charge in [0.2, 0.25) is 0 Å². The Morgan fingerprint density at radius 1 is 0.947 bits per heavy atom. The van der Waals surface area contributed by atoms with Gasteiger partial charge in [0.15, 0.2) is 0 Å². The molecular weight excluding hydrogens is 232 g/mol. The predicted molar refractivity (Wildman–Crippen MR) is 77.0 cm³/mol. The Morgan fingerprint density at radius 3 is 2.05 bits per heavy atom. The van der Waals surface area contributed by atoms with E-state index in [1.165, 1.54) is 22.3 Å². The van der Waals surface area contributed by atoms with Gasteiger partial charge < -0.3 is 4.74 Å². The van der Waals surface area contributed by atoms with E-state index in [9.17, 15) is 0 Å².